The minimum absolute atomic E-state index is 0.0841. The number of imide groups is 1. The van der Waals surface area contributed by atoms with Gasteiger partial charge in [-0.1, -0.05) is 13.3 Å². The number of carbonyl (C=O) groups is 3. The van der Waals surface area contributed by atoms with E-state index in [4.69, 9.17) is 4.74 Å². The van der Waals surface area contributed by atoms with E-state index in [1.165, 1.54) is 31.2 Å². The first-order chi connectivity index (χ1) is 12.3. The number of nitro benzene ring substituents is 1. The minimum atomic E-state index is -1.33. The highest BCUT2D eigenvalue weighted by molar-refractivity contribution is 6.07. The lowest BCUT2D eigenvalue weighted by Gasteiger charge is -2.22. The Bertz CT molecular complexity index is 718. The fourth-order valence-corrected chi connectivity index (χ4v) is 2.62. The standard InChI is InChI=1S/C17H21N3O6/c1-3-4-11-26-14(21)9-10-19-15(22)17(2,18-16(19)23)12-5-7-13(8-6-12)20(24)25/h5-8H,3-4,9-11H2,1-2H3,(H,18,23)/t17-/m0/s1. The summed E-state index contributed by atoms with van der Waals surface area (Å²) in [7, 11) is 0. The number of unbranched alkanes of at least 4 members (excludes halogenated alkanes) is 1. The lowest BCUT2D eigenvalue weighted by atomic mass is 9.92. The summed E-state index contributed by atoms with van der Waals surface area (Å²) in [5, 5.41) is 13.3. The van der Waals surface area contributed by atoms with E-state index in [0.29, 0.717) is 12.2 Å². The van der Waals surface area contributed by atoms with Crippen molar-refractivity contribution >= 4 is 23.6 Å². The molecule has 1 aromatic carbocycles. The first-order valence-electron chi connectivity index (χ1n) is 8.34. The number of non-ortho nitro benzene ring substituents is 1. The number of nitrogens with zero attached hydrogens (tertiary/aromatic N) is 2. The Morgan fingerprint density at radius 2 is 1.96 bits per heavy atom. The molecular weight excluding hydrogens is 342 g/mol. The van der Waals surface area contributed by atoms with E-state index in [-0.39, 0.29) is 18.7 Å². The van der Waals surface area contributed by atoms with Crippen LogP contribution in [0.4, 0.5) is 10.5 Å². The van der Waals surface area contributed by atoms with Crippen molar-refractivity contribution in [3.8, 4) is 0 Å². The van der Waals surface area contributed by atoms with Gasteiger partial charge in [-0.3, -0.25) is 24.6 Å². The van der Waals surface area contributed by atoms with Gasteiger partial charge in [0.2, 0.25) is 0 Å². The number of ether oxygens (including phenoxy) is 1. The normalized spacial score (nSPS) is 19.4. The van der Waals surface area contributed by atoms with Crippen molar-refractivity contribution in [1.29, 1.82) is 0 Å². The third-order valence-corrected chi connectivity index (χ3v) is 4.23. The average Bonchev–Trinajstić information content (AvgIpc) is 2.83. The molecule has 1 aliphatic heterocycles. The molecule has 0 aliphatic carbocycles. The maximum Gasteiger partial charge on any atom is 0.325 e. The van der Waals surface area contributed by atoms with Crippen LogP contribution in [0.5, 0.6) is 0 Å². The van der Waals surface area contributed by atoms with Crippen LogP contribution < -0.4 is 5.32 Å². The molecule has 1 fully saturated rings. The number of esters is 1. The molecule has 0 bridgehead atoms. The summed E-state index contributed by atoms with van der Waals surface area (Å²) in [6.45, 7) is 3.72. The van der Waals surface area contributed by atoms with Crippen molar-refractivity contribution in [2.45, 2.75) is 38.6 Å². The molecule has 1 aromatic rings. The van der Waals surface area contributed by atoms with Gasteiger partial charge in [0.1, 0.15) is 5.54 Å². The van der Waals surface area contributed by atoms with Crippen LogP contribution in [0.1, 0.15) is 38.7 Å². The summed E-state index contributed by atoms with van der Waals surface area (Å²) in [5.41, 5.74) is -1.02. The van der Waals surface area contributed by atoms with Crippen LogP contribution in [-0.2, 0) is 19.9 Å². The van der Waals surface area contributed by atoms with Gasteiger partial charge in [-0.05, 0) is 31.0 Å². The molecule has 1 N–H and O–H groups in total. The molecule has 1 heterocycles. The van der Waals surface area contributed by atoms with Crippen LogP contribution in [0.2, 0.25) is 0 Å². The van der Waals surface area contributed by atoms with Crippen LogP contribution in [0.25, 0.3) is 0 Å². The quantitative estimate of drug-likeness (QED) is 0.248. The van der Waals surface area contributed by atoms with E-state index >= 15 is 0 Å². The number of nitrogens with one attached hydrogen (secondary N) is 1. The van der Waals surface area contributed by atoms with Crippen molar-refractivity contribution in [3.63, 3.8) is 0 Å². The molecular formula is C17H21N3O6. The number of urea groups is 1. The molecule has 1 aliphatic rings. The fraction of sp³-hybridized carbons (Fsp3) is 0.471. The van der Waals surface area contributed by atoms with Gasteiger partial charge in [-0.25, -0.2) is 4.79 Å². The summed E-state index contributed by atoms with van der Waals surface area (Å²) in [6, 6.07) is 4.79. The van der Waals surface area contributed by atoms with Gasteiger partial charge in [0, 0.05) is 18.7 Å². The van der Waals surface area contributed by atoms with Crippen molar-refractivity contribution in [3.05, 3.63) is 39.9 Å². The second-order valence-electron chi connectivity index (χ2n) is 6.14. The molecule has 26 heavy (non-hydrogen) atoms. The molecule has 0 unspecified atom stereocenters. The van der Waals surface area contributed by atoms with E-state index in [1.54, 1.807) is 0 Å². The predicted molar refractivity (Wildman–Crippen MR) is 91.2 cm³/mol. The molecule has 0 radical (unpaired) electrons. The number of nitro groups is 1. The second kappa shape index (κ2) is 7.94. The predicted octanol–water partition coefficient (Wildman–Crippen LogP) is 2.10. The third kappa shape index (κ3) is 3.98. The summed E-state index contributed by atoms with van der Waals surface area (Å²) in [5.74, 6) is -0.985. The van der Waals surface area contributed by atoms with Crippen LogP contribution >= 0.6 is 0 Å². The summed E-state index contributed by atoms with van der Waals surface area (Å²) in [4.78, 5) is 47.7. The van der Waals surface area contributed by atoms with E-state index in [1.807, 2.05) is 6.92 Å². The Morgan fingerprint density at radius 1 is 1.31 bits per heavy atom. The van der Waals surface area contributed by atoms with Gasteiger partial charge in [0.25, 0.3) is 11.6 Å². The molecule has 0 spiro atoms. The van der Waals surface area contributed by atoms with Gasteiger partial charge in [0.15, 0.2) is 0 Å². The molecule has 2 rings (SSSR count). The second-order valence-corrected chi connectivity index (χ2v) is 6.14. The number of rotatable bonds is 8. The Hall–Kier alpha value is -2.97. The Balaban J connectivity index is 2.04. The molecule has 9 heteroatoms. The highest BCUT2D eigenvalue weighted by Gasteiger charge is 2.48. The minimum Gasteiger partial charge on any atom is -0.466 e. The SMILES string of the molecule is CCCCOC(=O)CCN1C(=O)N[C@@](C)(c2ccc([N+](=O)[O-])cc2)C1=O. The monoisotopic (exact) mass is 363 g/mol. The Labute approximate surface area is 150 Å². The van der Waals surface area contributed by atoms with Crippen LogP contribution in [0.15, 0.2) is 24.3 Å². The zero-order valence-electron chi connectivity index (χ0n) is 14.7. The van der Waals surface area contributed by atoms with Gasteiger partial charge >= 0.3 is 12.0 Å². The Kier molecular flexibility index (Phi) is 5.91. The highest BCUT2D eigenvalue weighted by atomic mass is 16.6. The van der Waals surface area contributed by atoms with Gasteiger partial charge in [0.05, 0.1) is 18.0 Å². The summed E-state index contributed by atoms with van der Waals surface area (Å²) in [6.07, 6.45) is 1.57. The molecule has 0 saturated carbocycles. The summed E-state index contributed by atoms with van der Waals surface area (Å²) < 4.78 is 5.01. The summed E-state index contributed by atoms with van der Waals surface area (Å²) >= 11 is 0. The maximum absolute atomic E-state index is 12.7. The van der Waals surface area contributed by atoms with E-state index in [2.05, 4.69) is 5.32 Å². The van der Waals surface area contributed by atoms with Gasteiger partial charge in [-0.15, -0.1) is 0 Å². The lowest BCUT2D eigenvalue weighted by molar-refractivity contribution is -0.384. The number of carbonyl (C=O) groups excluding carboxylic acids is 3. The molecule has 3 amide bonds. The lowest BCUT2D eigenvalue weighted by Crippen LogP contribution is -2.41. The third-order valence-electron chi connectivity index (χ3n) is 4.23. The number of hydrogen-bond donors (Lipinski definition) is 1. The van der Waals surface area contributed by atoms with Crippen molar-refractivity contribution in [2.75, 3.05) is 13.2 Å². The fourth-order valence-electron chi connectivity index (χ4n) is 2.62. The van der Waals surface area contributed by atoms with E-state index in [9.17, 15) is 24.5 Å². The van der Waals surface area contributed by atoms with Crippen LogP contribution in [0.3, 0.4) is 0 Å². The van der Waals surface area contributed by atoms with Gasteiger partial charge < -0.3 is 10.1 Å². The molecule has 1 saturated heterocycles. The topological polar surface area (TPSA) is 119 Å². The first-order valence-corrected chi connectivity index (χ1v) is 8.34. The van der Waals surface area contributed by atoms with Crippen molar-refractivity contribution in [1.82, 2.24) is 10.2 Å². The number of benzene rings is 1. The largest absolute Gasteiger partial charge is 0.466 e. The Morgan fingerprint density at radius 3 is 2.54 bits per heavy atom. The van der Waals surface area contributed by atoms with Crippen LogP contribution in [0, 0.1) is 10.1 Å². The molecule has 140 valence electrons. The molecule has 9 nitrogen and oxygen atoms in total. The smallest absolute Gasteiger partial charge is 0.325 e. The number of amides is 3. The van der Waals surface area contributed by atoms with Crippen molar-refractivity contribution < 1.29 is 24.0 Å². The van der Waals surface area contributed by atoms with E-state index < -0.39 is 28.4 Å². The molecule has 0 aromatic heterocycles. The number of hydrogen-bond acceptors (Lipinski definition) is 6. The maximum atomic E-state index is 12.7. The first kappa shape index (κ1) is 19.4. The zero-order valence-corrected chi connectivity index (χ0v) is 14.7. The zero-order chi connectivity index (χ0) is 19.3. The highest BCUT2D eigenvalue weighted by Crippen LogP contribution is 2.30. The van der Waals surface area contributed by atoms with Crippen LogP contribution in [-0.4, -0.2) is 40.9 Å². The van der Waals surface area contributed by atoms with Crippen molar-refractivity contribution in [2.24, 2.45) is 0 Å². The van der Waals surface area contributed by atoms with E-state index in [0.717, 1.165) is 17.7 Å². The molecule has 1 atom stereocenters. The average molecular weight is 363 g/mol. The van der Waals surface area contributed by atoms with Gasteiger partial charge in [-0.2, -0.15) is 0 Å².